The summed E-state index contributed by atoms with van der Waals surface area (Å²) in [4.78, 5) is 10.5. The second kappa shape index (κ2) is 7.00. The fourth-order valence-electron chi connectivity index (χ4n) is 1.21. The van der Waals surface area contributed by atoms with E-state index in [1.807, 2.05) is 0 Å². The number of carboxylic acids is 1. The molecule has 4 nitrogen and oxygen atoms in total. The van der Waals surface area contributed by atoms with Crippen molar-refractivity contribution in [2.45, 2.75) is 6.92 Å². The van der Waals surface area contributed by atoms with Gasteiger partial charge in [-0.2, -0.15) is 4.39 Å². The number of halogens is 2. The predicted molar refractivity (Wildman–Crippen MR) is 67.7 cm³/mol. The molecule has 0 unspecified atom stereocenters. The maximum absolute atomic E-state index is 13.9. The molecule has 1 aromatic rings. The SMILES string of the molecule is CCOc1cccc(O/C(=C/C(=O)O)CBr)c1F. The van der Waals surface area contributed by atoms with E-state index in [0.717, 1.165) is 6.08 Å². The monoisotopic (exact) mass is 318 g/mol. The molecule has 0 aliphatic heterocycles. The molecule has 0 aliphatic carbocycles. The van der Waals surface area contributed by atoms with Gasteiger partial charge in [0.15, 0.2) is 11.5 Å². The largest absolute Gasteiger partial charge is 0.491 e. The van der Waals surface area contributed by atoms with Crippen molar-refractivity contribution in [3.63, 3.8) is 0 Å². The molecule has 98 valence electrons. The van der Waals surface area contributed by atoms with Crippen LogP contribution >= 0.6 is 15.9 Å². The summed E-state index contributed by atoms with van der Waals surface area (Å²) in [5.74, 6) is -1.73. The van der Waals surface area contributed by atoms with E-state index in [-0.39, 0.29) is 22.6 Å². The van der Waals surface area contributed by atoms with Crippen LogP contribution in [0, 0.1) is 5.82 Å². The van der Waals surface area contributed by atoms with E-state index in [2.05, 4.69) is 15.9 Å². The van der Waals surface area contributed by atoms with Gasteiger partial charge in [-0.05, 0) is 19.1 Å². The Kier molecular flexibility index (Phi) is 5.64. The zero-order chi connectivity index (χ0) is 13.5. The Morgan fingerprint density at radius 1 is 1.50 bits per heavy atom. The number of rotatable bonds is 6. The highest BCUT2D eigenvalue weighted by molar-refractivity contribution is 9.09. The smallest absolute Gasteiger partial charge is 0.331 e. The molecule has 0 saturated heterocycles. The van der Waals surface area contributed by atoms with E-state index < -0.39 is 11.8 Å². The lowest BCUT2D eigenvalue weighted by Gasteiger charge is -2.10. The molecule has 1 rings (SSSR count). The Morgan fingerprint density at radius 3 is 2.72 bits per heavy atom. The maximum Gasteiger partial charge on any atom is 0.331 e. The number of alkyl halides is 1. The Bertz CT molecular complexity index is 459. The number of hydrogen-bond acceptors (Lipinski definition) is 3. The summed E-state index contributed by atoms with van der Waals surface area (Å²) in [5, 5.41) is 8.77. The molecule has 1 N–H and O–H groups in total. The molecule has 0 aliphatic rings. The Morgan fingerprint density at radius 2 is 2.17 bits per heavy atom. The van der Waals surface area contributed by atoms with Gasteiger partial charge in [0.05, 0.1) is 18.0 Å². The molecule has 0 atom stereocenters. The first-order valence-corrected chi connectivity index (χ1v) is 6.29. The van der Waals surface area contributed by atoms with Gasteiger partial charge in [0, 0.05) is 0 Å². The van der Waals surface area contributed by atoms with Gasteiger partial charge in [0.1, 0.15) is 5.76 Å². The van der Waals surface area contributed by atoms with Crippen LogP contribution in [0.3, 0.4) is 0 Å². The fourth-order valence-corrected chi connectivity index (χ4v) is 1.49. The van der Waals surface area contributed by atoms with Crippen LogP contribution in [0.5, 0.6) is 11.5 Å². The summed E-state index contributed by atoms with van der Waals surface area (Å²) in [5.41, 5.74) is 0. The molecule has 0 spiro atoms. The zero-order valence-corrected chi connectivity index (χ0v) is 11.2. The molecule has 18 heavy (non-hydrogen) atoms. The minimum absolute atomic E-state index is 0.0687. The van der Waals surface area contributed by atoms with Crippen LogP contribution in [0.1, 0.15) is 6.92 Å². The standard InChI is InChI=1S/C12H12BrFO4/c1-2-17-9-4-3-5-10(12(9)14)18-8(7-13)6-11(15)16/h3-6H,2,7H2,1H3,(H,15,16)/b8-6+. The lowest BCUT2D eigenvalue weighted by atomic mass is 10.3. The van der Waals surface area contributed by atoms with Gasteiger partial charge in [-0.1, -0.05) is 22.0 Å². The van der Waals surface area contributed by atoms with E-state index >= 15 is 0 Å². The number of carboxylic acid groups (broad SMARTS) is 1. The molecule has 6 heteroatoms. The summed E-state index contributed by atoms with van der Waals surface area (Å²) in [7, 11) is 0. The summed E-state index contributed by atoms with van der Waals surface area (Å²) in [6, 6.07) is 4.44. The van der Waals surface area contributed by atoms with Gasteiger partial charge in [-0.15, -0.1) is 0 Å². The van der Waals surface area contributed by atoms with Gasteiger partial charge in [0.2, 0.25) is 5.82 Å². The first kappa shape index (κ1) is 14.5. The predicted octanol–water partition coefficient (Wildman–Crippen LogP) is 2.97. The summed E-state index contributed by atoms with van der Waals surface area (Å²) < 4.78 is 24.1. The van der Waals surface area contributed by atoms with E-state index in [0.29, 0.717) is 6.61 Å². The molecule has 1 aromatic carbocycles. The Hall–Kier alpha value is -1.56. The van der Waals surface area contributed by atoms with Crippen molar-refractivity contribution in [3.8, 4) is 11.5 Å². The third kappa shape index (κ3) is 4.03. The Balaban J connectivity index is 2.96. The first-order valence-electron chi connectivity index (χ1n) is 5.17. The molecule has 0 aromatic heterocycles. The Labute approximate surface area is 112 Å². The van der Waals surface area contributed by atoms with Gasteiger partial charge >= 0.3 is 5.97 Å². The molecule has 0 fully saturated rings. The third-order valence-corrected chi connectivity index (χ3v) is 2.44. The molecule has 0 amide bonds. The van der Waals surface area contributed by atoms with Gasteiger partial charge < -0.3 is 14.6 Å². The van der Waals surface area contributed by atoms with Crippen molar-refractivity contribution < 1.29 is 23.8 Å². The van der Waals surface area contributed by atoms with Gasteiger partial charge in [0.25, 0.3) is 0 Å². The number of aliphatic carboxylic acids is 1. The second-order valence-electron chi connectivity index (χ2n) is 3.19. The van der Waals surface area contributed by atoms with Crippen molar-refractivity contribution in [2.75, 3.05) is 11.9 Å². The average Bonchev–Trinajstić information content (AvgIpc) is 2.33. The highest BCUT2D eigenvalue weighted by atomic mass is 79.9. The zero-order valence-electron chi connectivity index (χ0n) is 9.65. The van der Waals surface area contributed by atoms with Crippen LogP contribution in [0.25, 0.3) is 0 Å². The van der Waals surface area contributed by atoms with Crippen LogP contribution in [0.2, 0.25) is 0 Å². The minimum Gasteiger partial charge on any atom is -0.491 e. The van der Waals surface area contributed by atoms with Crippen LogP contribution in [0.15, 0.2) is 30.0 Å². The number of carbonyl (C=O) groups is 1. The maximum atomic E-state index is 13.9. The van der Waals surface area contributed by atoms with Crippen molar-refractivity contribution in [1.82, 2.24) is 0 Å². The molecular weight excluding hydrogens is 307 g/mol. The highest BCUT2D eigenvalue weighted by Gasteiger charge is 2.12. The van der Waals surface area contributed by atoms with Gasteiger partial charge in [-0.25, -0.2) is 4.79 Å². The van der Waals surface area contributed by atoms with Crippen molar-refractivity contribution in [2.24, 2.45) is 0 Å². The quantitative estimate of drug-likeness (QED) is 0.497. The summed E-state index contributed by atoms with van der Waals surface area (Å²) in [6.45, 7) is 2.07. The molecule has 0 heterocycles. The number of ether oxygens (including phenoxy) is 2. The van der Waals surface area contributed by atoms with E-state index in [9.17, 15) is 9.18 Å². The summed E-state index contributed by atoms with van der Waals surface area (Å²) in [6.07, 6.45) is 0.863. The van der Waals surface area contributed by atoms with Gasteiger partial charge in [-0.3, -0.25) is 0 Å². The average molecular weight is 319 g/mol. The number of benzene rings is 1. The first-order chi connectivity index (χ1) is 8.58. The van der Waals surface area contributed by atoms with Crippen molar-refractivity contribution in [1.29, 1.82) is 0 Å². The topological polar surface area (TPSA) is 55.8 Å². The van der Waals surface area contributed by atoms with E-state index in [1.165, 1.54) is 12.1 Å². The fraction of sp³-hybridized carbons (Fsp3) is 0.250. The molecule has 0 radical (unpaired) electrons. The lowest BCUT2D eigenvalue weighted by molar-refractivity contribution is -0.131. The summed E-state index contributed by atoms with van der Waals surface area (Å²) >= 11 is 3.07. The van der Waals surface area contributed by atoms with Crippen LogP contribution in [0.4, 0.5) is 4.39 Å². The number of allylic oxidation sites excluding steroid dienone is 1. The molecule has 0 saturated carbocycles. The normalized spacial score (nSPS) is 11.2. The third-order valence-electron chi connectivity index (χ3n) is 1.88. The molecule has 0 bridgehead atoms. The van der Waals surface area contributed by atoms with Crippen molar-refractivity contribution >= 4 is 21.9 Å². The van der Waals surface area contributed by atoms with E-state index in [1.54, 1.807) is 13.0 Å². The number of hydrogen-bond donors (Lipinski definition) is 1. The van der Waals surface area contributed by atoms with Crippen LogP contribution < -0.4 is 9.47 Å². The minimum atomic E-state index is -1.16. The molecular formula is C12H12BrFO4. The second-order valence-corrected chi connectivity index (χ2v) is 3.75. The van der Waals surface area contributed by atoms with Crippen molar-refractivity contribution in [3.05, 3.63) is 35.9 Å². The lowest BCUT2D eigenvalue weighted by Crippen LogP contribution is -2.03. The van der Waals surface area contributed by atoms with Crippen LogP contribution in [-0.2, 0) is 4.79 Å². The highest BCUT2D eigenvalue weighted by Crippen LogP contribution is 2.27. The van der Waals surface area contributed by atoms with E-state index in [4.69, 9.17) is 14.6 Å². The van der Waals surface area contributed by atoms with Crippen LogP contribution in [-0.4, -0.2) is 23.0 Å².